The summed E-state index contributed by atoms with van der Waals surface area (Å²) in [4.78, 5) is 35.3. The normalized spacial score (nSPS) is 14.2. The van der Waals surface area contributed by atoms with E-state index in [1.165, 1.54) is 43.1 Å². The van der Waals surface area contributed by atoms with Crippen LogP contribution in [0.25, 0.3) is 21.8 Å². The predicted octanol–water partition coefficient (Wildman–Crippen LogP) is 4.17. The first-order valence-electron chi connectivity index (χ1n) is 9.64. The van der Waals surface area contributed by atoms with Gasteiger partial charge in [0, 0.05) is 29.4 Å². The molecule has 0 bridgehead atoms. The van der Waals surface area contributed by atoms with Gasteiger partial charge in [-0.1, -0.05) is 12.8 Å². The molecule has 0 aliphatic heterocycles. The van der Waals surface area contributed by atoms with Crippen LogP contribution in [0.3, 0.4) is 0 Å². The molecule has 0 spiro atoms. The quantitative estimate of drug-likeness (QED) is 0.563. The number of carboxylic acids is 1. The molecule has 1 fully saturated rings. The van der Waals surface area contributed by atoms with Gasteiger partial charge < -0.3 is 15.4 Å². The van der Waals surface area contributed by atoms with Crippen LogP contribution in [0.5, 0.6) is 0 Å². The summed E-state index contributed by atoms with van der Waals surface area (Å²) < 4.78 is 0. The topological polar surface area (TPSA) is 108 Å². The van der Waals surface area contributed by atoms with Crippen molar-refractivity contribution in [1.29, 1.82) is 0 Å². The molecule has 7 nitrogen and oxygen atoms in total. The van der Waals surface area contributed by atoms with Crippen molar-refractivity contribution in [1.82, 2.24) is 15.0 Å². The summed E-state index contributed by atoms with van der Waals surface area (Å²) in [6, 6.07) is 5.22. The number of aromatic amines is 1. The molecule has 0 amide bonds. The number of nitrogens with zero attached hydrogens (tertiary/aromatic N) is 2. The van der Waals surface area contributed by atoms with E-state index in [0.29, 0.717) is 17.3 Å². The highest BCUT2D eigenvalue weighted by Crippen LogP contribution is 2.29. The number of H-pyrrole nitrogens is 1. The van der Waals surface area contributed by atoms with Crippen LogP contribution in [0.2, 0.25) is 0 Å². The minimum absolute atomic E-state index is 0.0662. The van der Waals surface area contributed by atoms with Gasteiger partial charge in [0.2, 0.25) is 0 Å². The molecule has 1 aliphatic carbocycles. The highest BCUT2D eigenvalue weighted by atomic mass is 32.1. The van der Waals surface area contributed by atoms with Gasteiger partial charge in [0.25, 0.3) is 5.56 Å². The third-order valence-corrected chi connectivity index (χ3v) is 6.19. The third kappa shape index (κ3) is 4.22. The van der Waals surface area contributed by atoms with E-state index in [4.69, 9.17) is 0 Å². The number of nitrogens with one attached hydrogen (secondary N) is 2. The highest BCUT2D eigenvalue weighted by molar-refractivity contribution is 7.13. The number of anilines is 1. The number of carboxylic acid groups (broad SMARTS) is 1. The zero-order valence-electron chi connectivity index (χ0n) is 16.1. The van der Waals surface area contributed by atoms with Gasteiger partial charge in [0.05, 0.1) is 16.8 Å². The standard InChI is InChI=1S/C21H22N4O3S/c1-12-15(21(27)28)9-16(19(26)24-12)17-11-29-20(25-17)14-6-7-22-18(8-14)23-10-13-4-2-3-5-13/h6-9,11,13H,2-5,10H2,1H3,(H,22,23)(H,24,26)(H,27,28). The number of hydrogen-bond acceptors (Lipinski definition) is 6. The molecule has 0 unspecified atom stereocenters. The molecule has 3 aromatic rings. The molecular weight excluding hydrogens is 388 g/mol. The highest BCUT2D eigenvalue weighted by Gasteiger charge is 2.17. The second-order valence-corrected chi connectivity index (χ2v) is 8.21. The molecule has 3 aromatic heterocycles. The van der Waals surface area contributed by atoms with Gasteiger partial charge in [-0.2, -0.15) is 0 Å². The minimum Gasteiger partial charge on any atom is -0.478 e. The maximum atomic E-state index is 12.3. The number of aryl methyl sites for hydroxylation is 1. The lowest BCUT2D eigenvalue weighted by Gasteiger charge is -2.11. The lowest BCUT2D eigenvalue weighted by molar-refractivity contribution is 0.0695. The molecule has 4 rings (SSSR count). The molecular formula is C21H22N4O3S. The average molecular weight is 410 g/mol. The fourth-order valence-electron chi connectivity index (χ4n) is 3.69. The van der Waals surface area contributed by atoms with Crippen molar-refractivity contribution in [3.05, 3.63) is 51.4 Å². The summed E-state index contributed by atoms with van der Waals surface area (Å²) in [5.41, 5.74) is 1.67. The lowest BCUT2D eigenvalue weighted by Crippen LogP contribution is -2.15. The molecule has 3 heterocycles. The Bertz CT molecular complexity index is 1100. The van der Waals surface area contributed by atoms with Crippen LogP contribution in [-0.4, -0.2) is 32.6 Å². The Morgan fingerprint density at radius 2 is 2.14 bits per heavy atom. The van der Waals surface area contributed by atoms with Crippen molar-refractivity contribution < 1.29 is 9.90 Å². The van der Waals surface area contributed by atoms with Gasteiger partial charge in [-0.15, -0.1) is 11.3 Å². The van der Waals surface area contributed by atoms with Crippen molar-refractivity contribution in [2.75, 3.05) is 11.9 Å². The van der Waals surface area contributed by atoms with Gasteiger partial charge in [-0.05, 0) is 43.9 Å². The van der Waals surface area contributed by atoms with Crippen molar-refractivity contribution in [3.8, 4) is 21.8 Å². The van der Waals surface area contributed by atoms with Crippen LogP contribution in [0, 0.1) is 12.8 Å². The maximum absolute atomic E-state index is 12.3. The molecule has 1 saturated carbocycles. The molecule has 150 valence electrons. The number of aromatic nitrogens is 3. The Balaban J connectivity index is 1.58. The van der Waals surface area contributed by atoms with Crippen LogP contribution in [0.15, 0.2) is 34.6 Å². The van der Waals surface area contributed by atoms with E-state index >= 15 is 0 Å². The summed E-state index contributed by atoms with van der Waals surface area (Å²) in [6.07, 6.45) is 6.90. The van der Waals surface area contributed by atoms with Crippen LogP contribution in [0.4, 0.5) is 5.82 Å². The van der Waals surface area contributed by atoms with Crippen molar-refractivity contribution in [3.63, 3.8) is 0 Å². The second kappa shape index (κ2) is 8.16. The van der Waals surface area contributed by atoms with Gasteiger partial charge in [0.1, 0.15) is 10.8 Å². The molecule has 1 aliphatic rings. The smallest absolute Gasteiger partial charge is 0.337 e. The monoisotopic (exact) mass is 410 g/mol. The molecule has 0 saturated heterocycles. The predicted molar refractivity (Wildman–Crippen MR) is 114 cm³/mol. The van der Waals surface area contributed by atoms with E-state index in [9.17, 15) is 14.7 Å². The van der Waals surface area contributed by atoms with E-state index in [2.05, 4.69) is 20.3 Å². The minimum atomic E-state index is -1.08. The van der Waals surface area contributed by atoms with Crippen LogP contribution >= 0.6 is 11.3 Å². The van der Waals surface area contributed by atoms with Crippen LogP contribution < -0.4 is 10.9 Å². The summed E-state index contributed by atoms with van der Waals surface area (Å²) in [5, 5.41) is 15.3. The zero-order chi connectivity index (χ0) is 20.4. The molecule has 0 radical (unpaired) electrons. The largest absolute Gasteiger partial charge is 0.478 e. The number of aromatic carboxylic acids is 1. The van der Waals surface area contributed by atoms with Crippen LogP contribution in [-0.2, 0) is 0 Å². The second-order valence-electron chi connectivity index (χ2n) is 7.36. The van der Waals surface area contributed by atoms with E-state index in [1.807, 2.05) is 12.1 Å². The van der Waals surface area contributed by atoms with E-state index in [-0.39, 0.29) is 16.7 Å². The fraction of sp³-hybridized carbons (Fsp3) is 0.333. The molecule has 0 aromatic carbocycles. The van der Waals surface area contributed by atoms with Crippen molar-refractivity contribution in [2.24, 2.45) is 5.92 Å². The summed E-state index contributed by atoms with van der Waals surface area (Å²) in [7, 11) is 0. The Morgan fingerprint density at radius 1 is 1.34 bits per heavy atom. The summed E-state index contributed by atoms with van der Waals surface area (Å²) in [6.45, 7) is 2.49. The van der Waals surface area contributed by atoms with Crippen molar-refractivity contribution >= 4 is 23.1 Å². The number of pyridine rings is 2. The average Bonchev–Trinajstić information content (AvgIpc) is 3.38. The molecule has 0 atom stereocenters. The Hall–Kier alpha value is -3.00. The third-order valence-electron chi connectivity index (χ3n) is 5.30. The molecule has 29 heavy (non-hydrogen) atoms. The Kier molecular flexibility index (Phi) is 5.44. The number of thiazole rings is 1. The van der Waals surface area contributed by atoms with Crippen molar-refractivity contribution in [2.45, 2.75) is 32.6 Å². The van der Waals surface area contributed by atoms with Gasteiger partial charge >= 0.3 is 5.97 Å². The summed E-state index contributed by atoms with van der Waals surface area (Å²) in [5.74, 6) is 0.443. The molecule has 3 N–H and O–H groups in total. The SMILES string of the molecule is Cc1[nH]c(=O)c(-c2csc(-c3ccnc(NCC4CCCC4)c3)n2)cc1C(=O)O. The number of carbonyl (C=O) groups is 1. The Morgan fingerprint density at radius 3 is 2.90 bits per heavy atom. The summed E-state index contributed by atoms with van der Waals surface area (Å²) >= 11 is 1.41. The molecule has 8 heteroatoms. The zero-order valence-corrected chi connectivity index (χ0v) is 16.9. The van der Waals surface area contributed by atoms with Crippen LogP contribution in [0.1, 0.15) is 41.7 Å². The van der Waals surface area contributed by atoms with E-state index in [1.54, 1.807) is 18.5 Å². The van der Waals surface area contributed by atoms with E-state index in [0.717, 1.165) is 22.9 Å². The maximum Gasteiger partial charge on any atom is 0.337 e. The lowest BCUT2D eigenvalue weighted by atomic mass is 10.1. The Labute approximate surface area is 171 Å². The van der Waals surface area contributed by atoms with Gasteiger partial charge in [-0.25, -0.2) is 14.8 Å². The number of rotatable bonds is 6. The van der Waals surface area contributed by atoms with Gasteiger partial charge in [0.15, 0.2) is 0 Å². The first kappa shape index (κ1) is 19.3. The van der Waals surface area contributed by atoms with E-state index < -0.39 is 5.97 Å². The fourth-order valence-corrected chi connectivity index (χ4v) is 4.51. The number of hydrogen-bond donors (Lipinski definition) is 3. The first-order chi connectivity index (χ1) is 14.0. The first-order valence-corrected chi connectivity index (χ1v) is 10.5. The van der Waals surface area contributed by atoms with Gasteiger partial charge in [-0.3, -0.25) is 4.79 Å².